The topological polar surface area (TPSA) is 88.6 Å². The van der Waals surface area contributed by atoms with Gasteiger partial charge in [0, 0.05) is 29.8 Å². The van der Waals surface area contributed by atoms with E-state index in [4.69, 9.17) is 16.0 Å². The Labute approximate surface area is 209 Å². The van der Waals surface area contributed by atoms with Gasteiger partial charge in [-0.05, 0) is 50.1 Å². The molecule has 8 nitrogen and oxygen atoms in total. The molecular formula is C23H23ClN4O4S2. The van der Waals surface area contributed by atoms with Crippen LogP contribution in [0.4, 0.5) is 4.79 Å². The Bertz CT molecular complexity index is 1220. The molecule has 178 valence electrons. The average molecular weight is 519 g/mol. The molecule has 2 fully saturated rings. The van der Waals surface area contributed by atoms with Crippen LogP contribution in [0.5, 0.6) is 0 Å². The number of carbonyl (C=O) groups excluding carboxylic acids is 3. The first-order valence-electron chi connectivity index (χ1n) is 11.1. The molecule has 0 radical (unpaired) electrons. The summed E-state index contributed by atoms with van der Waals surface area (Å²) >= 11 is 8.97. The van der Waals surface area contributed by atoms with Gasteiger partial charge < -0.3 is 14.2 Å². The summed E-state index contributed by atoms with van der Waals surface area (Å²) in [7, 11) is 0. The fourth-order valence-electron chi connectivity index (χ4n) is 4.46. The van der Waals surface area contributed by atoms with E-state index in [-0.39, 0.29) is 30.2 Å². The maximum atomic E-state index is 13.1. The standard InChI is InChI=1S/C23H23ClN4O4S2/c1-14-21(17(29)12-27(14)23(31)26-8-2-3-9-26)16-11-20(33-13-15-6-7-19(24)34-15)28(25-16)22(30)18-5-4-10-32-18/h4-7,10-11,14,21H,2-3,8-9,12-13H2,1H3. The first-order valence-corrected chi connectivity index (χ1v) is 13.2. The summed E-state index contributed by atoms with van der Waals surface area (Å²) in [6, 6.07) is 8.33. The molecule has 0 aromatic carbocycles. The number of hydrogen-bond donors (Lipinski definition) is 0. The van der Waals surface area contributed by atoms with E-state index in [2.05, 4.69) is 5.10 Å². The smallest absolute Gasteiger partial charge is 0.320 e. The second-order valence-corrected chi connectivity index (χ2v) is 11.2. The Kier molecular flexibility index (Phi) is 6.54. The van der Waals surface area contributed by atoms with Gasteiger partial charge in [-0.1, -0.05) is 11.6 Å². The number of carbonyl (C=O) groups is 3. The lowest BCUT2D eigenvalue weighted by molar-refractivity contribution is -0.118. The number of likely N-dealkylation sites (tertiary alicyclic amines) is 2. The number of amides is 2. The Hall–Kier alpha value is -2.56. The molecule has 5 rings (SSSR count). The van der Waals surface area contributed by atoms with Crippen molar-refractivity contribution in [3.05, 3.63) is 57.3 Å². The first-order chi connectivity index (χ1) is 16.4. The molecule has 0 N–H and O–H groups in total. The Morgan fingerprint density at radius 3 is 2.74 bits per heavy atom. The van der Waals surface area contributed by atoms with E-state index in [0.717, 1.165) is 30.8 Å². The van der Waals surface area contributed by atoms with Gasteiger partial charge >= 0.3 is 11.9 Å². The summed E-state index contributed by atoms with van der Waals surface area (Å²) in [6.45, 7) is 3.37. The van der Waals surface area contributed by atoms with Crippen LogP contribution in [0.15, 0.2) is 46.0 Å². The lowest BCUT2D eigenvalue weighted by atomic mass is 9.97. The summed E-state index contributed by atoms with van der Waals surface area (Å²) in [5.41, 5.74) is 0.487. The molecule has 2 aliphatic rings. The third kappa shape index (κ3) is 4.42. The molecule has 2 unspecified atom stereocenters. The van der Waals surface area contributed by atoms with E-state index in [1.54, 1.807) is 28.0 Å². The lowest BCUT2D eigenvalue weighted by Gasteiger charge is -2.28. The number of thiophene rings is 1. The molecule has 2 atom stereocenters. The minimum Gasteiger partial charge on any atom is -0.459 e. The lowest BCUT2D eigenvalue weighted by Crippen LogP contribution is -2.44. The highest BCUT2D eigenvalue weighted by molar-refractivity contribution is 7.98. The van der Waals surface area contributed by atoms with Crippen LogP contribution in [-0.2, 0) is 10.5 Å². The van der Waals surface area contributed by atoms with Crippen molar-refractivity contribution in [1.82, 2.24) is 19.6 Å². The molecule has 2 saturated heterocycles. The van der Waals surface area contributed by atoms with Crippen molar-refractivity contribution in [2.45, 2.75) is 42.5 Å². The fourth-order valence-corrected chi connectivity index (χ4v) is 6.60. The highest BCUT2D eigenvalue weighted by Gasteiger charge is 2.44. The van der Waals surface area contributed by atoms with Crippen molar-refractivity contribution >= 4 is 52.4 Å². The largest absolute Gasteiger partial charge is 0.459 e. The maximum absolute atomic E-state index is 13.1. The van der Waals surface area contributed by atoms with Crippen molar-refractivity contribution in [2.75, 3.05) is 19.6 Å². The Morgan fingerprint density at radius 1 is 1.26 bits per heavy atom. The van der Waals surface area contributed by atoms with Gasteiger partial charge in [0.15, 0.2) is 11.5 Å². The molecular weight excluding hydrogens is 496 g/mol. The number of urea groups is 1. The van der Waals surface area contributed by atoms with Crippen molar-refractivity contribution in [3.63, 3.8) is 0 Å². The van der Waals surface area contributed by atoms with E-state index in [1.165, 1.54) is 34.0 Å². The summed E-state index contributed by atoms with van der Waals surface area (Å²) < 4.78 is 7.28. The Morgan fingerprint density at radius 2 is 2.06 bits per heavy atom. The number of nitrogens with zero attached hydrogens (tertiary/aromatic N) is 4. The van der Waals surface area contributed by atoms with Crippen molar-refractivity contribution in [1.29, 1.82) is 0 Å². The second kappa shape index (κ2) is 9.59. The maximum Gasteiger partial charge on any atom is 0.320 e. The molecule has 34 heavy (non-hydrogen) atoms. The third-order valence-corrected chi connectivity index (χ3v) is 8.65. The molecule has 5 heterocycles. The van der Waals surface area contributed by atoms with Crippen LogP contribution < -0.4 is 0 Å². The Balaban J connectivity index is 1.43. The van der Waals surface area contributed by atoms with Gasteiger partial charge in [-0.2, -0.15) is 9.78 Å². The zero-order valence-corrected chi connectivity index (χ0v) is 20.9. The molecule has 2 amide bonds. The fraction of sp³-hybridized carbons (Fsp3) is 0.391. The summed E-state index contributed by atoms with van der Waals surface area (Å²) in [5.74, 6) is -0.315. The van der Waals surface area contributed by atoms with E-state index >= 15 is 0 Å². The van der Waals surface area contributed by atoms with E-state index < -0.39 is 11.8 Å². The van der Waals surface area contributed by atoms with E-state index in [1.807, 2.05) is 19.1 Å². The molecule has 3 aromatic heterocycles. The summed E-state index contributed by atoms with van der Waals surface area (Å²) in [6.07, 6.45) is 3.41. The quantitative estimate of drug-likeness (QED) is 0.453. The SMILES string of the molecule is CC1C(c2cc(SCc3ccc(Cl)s3)n(C(=O)c3ccco3)n2)C(=O)CN1C(=O)N1CCCC1. The van der Waals surface area contributed by atoms with Crippen molar-refractivity contribution in [3.8, 4) is 0 Å². The summed E-state index contributed by atoms with van der Waals surface area (Å²) in [4.78, 5) is 43.6. The molecule has 2 aliphatic heterocycles. The van der Waals surface area contributed by atoms with Crippen molar-refractivity contribution in [2.24, 2.45) is 0 Å². The van der Waals surface area contributed by atoms with Crippen LogP contribution >= 0.6 is 34.7 Å². The number of halogens is 1. The monoisotopic (exact) mass is 518 g/mol. The molecule has 0 bridgehead atoms. The van der Waals surface area contributed by atoms with Gasteiger partial charge in [0.25, 0.3) is 0 Å². The zero-order valence-electron chi connectivity index (χ0n) is 18.5. The van der Waals surface area contributed by atoms with Crippen LogP contribution in [0.1, 0.15) is 46.8 Å². The molecule has 0 aliphatic carbocycles. The number of hydrogen-bond acceptors (Lipinski definition) is 7. The minimum atomic E-state index is -0.590. The number of rotatable bonds is 5. The van der Waals surface area contributed by atoms with Gasteiger partial charge in [0.05, 0.1) is 28.8 Å². The predicted molar refractivity (Wildman–Crippen MR) is 130 cm³/mol. The van der Waals surface area contributed by atoms with Gasteiger partial charge in [0.2, 0.25) is 0 Å². The number of thioether (sulfide) groups is 1. The number of ketones is 1. The predicted octanol–water partition coefficient (Wildman–Crippen LogP) is 4.74. The molecule has 11 heteroatoms. The highest BCUT2D eigenvalue weighted by Crippen LogP contribution is 2.35. The number of Topliss-reactive ketones (excluding diaryl/α,β-unsaturated/α-hetero) is 1. The van der Waals surface area contributed by atoms with Crippen LogP contribution in [-0.4, -0.2) is 63.0 Å². The third-order valence-electron chi connectivity index (χ3n) is 6.20. The minimum absolute atomic E-state index is 0.0519. The van der Waals surface area contributed by atoms with Crippen LogP contribution in [0.2, 0.25) is 4.34 Å². The first kappa shape index (κ1) is 23.2. The van der Waals surface area contributed by atoms with Crippen LogP contribution in [0.25, 0.3) is 0 Å². The average Bonchev–Trinajstić information content (AvgIpc) is 3.63. The van der Waals surface area contributed by atoms with Crippen molar-refractivity contribution < 1.29 is 18.8 Å². The van der Waals surface area contributed by atoms with Gasteiger partial charge in [-0.25, -0.2) is 4.79 Å². The van der Waals surface area contributed by atoms with Gasteiger partial charge in [0.1, 0.15) is 5.03 Å². The zero-order chi connectivity index (χ0) is 23.8. The van der Waals surface area contributed by atoms with Crippen LogP contribution in [0, 0.1) is 0 Å². The highest BCUT2D eigenvalue weighted by atomic mass is 35.5. The number of furan rings is 1. The summed E-state index contributed by atoms with van der Waals surface area (Å²) in [5, 5.41) is 5.15. The van der Waals surface area contributed by atoms with E-state index in [9.17, 15) is 14.4 Å². The second-order valence-electron chi connectivity index (χ2n) is 8.39. The van der Waals surface area contributed by atoms with Gasteiger partial charge in [-0.15, -0.1) is 23.1 Å². The molecule has 3 aromatic rings. The number of aromatic nitrogens is 2. The van der Waals surface area contributed by atoms with Gasteiger partial charge in [-0.3, -0.25) is 9.59 Å². The molecule has 0 saturated carbocycles. The normalized spacial score (nSPS) is 20.5. The molecule has 0 spiro atoms. The van der Waals surface area contributed by atoms with Crippen LogP contribution in [0.3, 0.4) is 0 Å². The van der Waals surface area contributed by atoms with E-state index in [0.29, 0.717) is 20.8 Å².